The molecule has 0 bridgehead atoms. The highest BCUT2D eigenvalue weighted by Crippen LogP contribution is 2.21. The predicted octanol–water partition coefficient (Wildman–Crippen LogP) is 5.24. The molecule has 2 N–H and O–H groups in total. The number of aryl methyl sites for hydroxylation is 3. The summed E-state index contributed by atoms with van der Waals surface area (Å²) in [6, 6.07) is 15.4. The number of carbonyl (C=O) groups excluding carboxylic acids is 1. The van der Waals surface area contributed by atoms with E-state index in [2.05, 4.69) is 39.3 Å². The second-order valence-corrected chi connectivity index (χ2v) is 7.34. The minimum Gasteiger partial charge on any atom is -0.357 e. The van der Waals surface area contributed by atoms with Crippen molar-refractivity contribution >= 4 is 29.0 Å². The summed E-state index contributed by atoms with van der Waals surface area (Å²) in [6.45, 7) is 11.9. The third kappa shape index (κ3) is 5.14. The Kier molecular flexibility index (Phi) is 6.67. The molecule has 2 aromatic carbocycles. The smallest absolute Gasteiger partial charge is 0.255 e. The van der Waals surface area contributed by atoms with Crippen molar-refractivity contribution in [1.82, 2.24) is 9.97 Å². The van der Waals surface area contributed by atoms with E-state index in [1.165, 1.54) is 0 Å². The van der Waals surface area contributed by atoms with Crippen molar-refractivity contribution in [3.8, 4) is 0 Å². The summed E-state index contributed by atoms with van der Waals surface area (Å²) in [5, 5.41) is 6.22. The second kappa shape index (κ2) is 9.39. The molecular formula is C24H29N5O. The molecule has 0 aliphatic heterocycles. The summed E-state index contributed by atoms with van der Waals surface area (Å²) in [4.78, 5) is 23.9. The number of nitrogens with zero attached hydrogens (tertiary/aromatic N) is 3. The first-order valence-electron chi connectivity index (χ1n) is 10.3. The van der Waals surface area contributed by atoms with Gasteiger partial charge < -0.3 is 15.5 Å². The molecule has 0 radical (unpaired) electrons. The van der Waals surface area contributed by atoms with E-state index in [1.54, 1.807) is 0 Å². The van der Waals surface area contributed by atoms with E-state index >= 15 is 0 Å². The van der Waals surface area contributed by atoms with E-state index in [9.17, 15) is 4.79 Å². The fourth-order valence-electron chi connectivity index (χ4n) is 3.26. The van der Waals surface area contributed by atoms with Gasteiger partial charge >= 0.3 is 0 Å². The Morgan fingerprint density at radius 3 is 2.23 bits per heavy atom. The number of nitrogens with one attached hydrogen (secondary N) is 2. The molecule has 0 unspecified atom stereocenters. The van der Waals surface area contributed by atoms with Crippen LogP contribution >= 0.6 is 0 Å². The largest absolute Gasteiger partial charge is 0.357 e. The molecule has 156 valence electrons. The predicted molar refractivity (Wildman–Crippen MR) is 124 cm³/mol. The first kappa shape index (κ1) is 21.3. The minimum absolute atomic E-state index is 0.109. The summed E-state index contributed by atoms with van der Waals surface area (Å²) in [6.07, 6.45) is 0. The summed E-state index contributed by atoms with van der Waals surface area (Å²) >= 11 is 0. The zero-order valence-corrected chi connectivity index (χ0v) is 18.3. The zero-order chi connectivity index (χ0) is 21.7. The highest BCUT2D eigenvalue weighted by Gasteiger charge is 2.11. The van der Waals surface area contributed by atoms with E-state index in [-0.39, 0.29) is 5.91 Å². The summed E-state index contributed by atoms with van der Waals surface area (Å²) in [5.41, 5.74) is 5.21. The number of aromatic nitrogens is 2. The molecule has 0 saturated carbocycles. The maximum atomic E-state index is 12.6. The topological polar surface area (TPSA) is 70.2 Å². The molecule has 0 aliphatic carbocycles. The molecule has 1 heterocycles. The number of anilines is 4. The van der Waals surface area contributed by atoms with Crippen molar-refractivity contribution in [2.75, 3.05) is 28.6 Å². The number of hydrogen-bond donors (Lipinski definition) is 2. The van der Waals surface area contributed by atoms with Gasteiger partial charge in [0.05, 0.1) is 0 Å². The van der Waals surface area contributed by atoms with E-state index in [0.717, 1.165) is 47.1 Å². The Bertz CT molecular complexity index is 1030. The van der Waals surface area contributed by atoms with Crippen LogP contribution in [0, 0.1) is 20.8 Å². The summed E-state index contributed by atoms with van der Waals surface area (Å²) in [5.74, 6) is 1.36. The zero-order valence-electron chi connectivity index (χ0n) is 18.3. The van der Waals surface area contributed by atoms with Crippen molar-refractivity contribution in [2.24, 2.45) is 0 Å². The Labute approximate surface area is 178 Å². The second-order valence-electron chi connectivity index (χ2n) is 7.34. The molecule has 30 heavy (non-hydrogen) atoms. The van der Waals surface area contributed by atoms with Gasteiger partial charge in [0.15, 0.2) is 0 Å². The van der Waals surface area contributed by atoms with Gasteiger partial charge in [0.25, 0.3) is 5.91 Å². The van der Waals surface area contributed by atoms with Gasteiger partial charge in [0.2, 0.25) is 5.95 Å². The molecule has 3 rings (SSSR count). The molecule has 0 aliphatic rings. The normalized spacial score (nSPS) is 10.6. The number of hydrogen-bond acceptors (Lipinski definition) is 5. The van der Waals surface area contributed by atoms with E-state index in [4.69, 9.17) is 0 Å². The highest BCUT2D eigenvalue weighted by atomic mass is 16.1. The molecule has 0 fully saturated rings. The first-order valence-corrected chi connectivity index (χ1v) is 10.3. The van der Waals surface area contributed by atoms with Gasteiger partial charge in [-0.05, 0) is 70.5 Å². The molecule has 0 saturated heterocycles. The van der Waals surface area contributed by atoms with Crippen LogP contribution in [-0.2, 0) is 0 Å². The third-order valence-corrected chi connectivity index (χ3v) is 4.96. The van der Waals surface area contributed by atoms with Crippen LogP contribution in [0.15, 0.2) is 48.5 Å². The SMILES string of the molecule is CCN(CC)c1cc(C)nc(Nc2ccc(NC(=O)c3cc(C)ccc3C)cc2)n1. The maximum absolute atomic E-state index is 12.6. The van der Waals surface area contributed by atoms with Gasteiger partial charge in [0.1, 0.15) is 5.82 Å². The lowest BCUT2D eigenvalue weighted by molar-refractivity contribution is 0.102. The molecule has 1 amide bonds. The van der Waals surface area contributed by atoms with E-state index < -0.39 is 0 Å². The Balaban J connectivity index is 1.72. The van der Waals surface area contributed by atoms with Crippen LogP contribution in [0.2, 0.25) is 0 Å². The highest BCUT2D eigenvalue weighted by molar-refractivity contribution is 6.05. The Morgan fingerprint density at radius 2 is 1.57 bits per heavy atom. The molecule has 6 heteroatoms. The molecule has 1 aromatic heterocycles. The third-order valence-electron chi connectivity index (χ3n) is 4.96. The average molecular weight is 404 g/mol. The molecule has 0 spiro atoms. The van der Waals surface area contributed by atoms with Crippen LogP contribution in [-0.4, -0.2) is 29.0 Å². The van der Waals surface area contributed by atoms with Crippen molar-refractivity contribution in [3.63, 3.8) is 0 Å². The van der Waals surface area contributed by atoms with Crippen molar-refractivity contribution in [1.29, 1.82) is 0 Å². The quantitative estimate of drug-likeness (QED) is 0.564. The summed E-state index contributed by atoms with van der Waals surface area (Å²) < 4.78 is 0. The standard InChI is InChI=1S/C24H29N5O/c1-6-29(7-2)22-15-18(5)25-24(28-22)27-20-12-10-19(11-13-20)26-23(30)21-14-16(3)8-9-17(21)4/h8-15H,6-7H2,1-5H3,(H,26,30)(H,25,27,28). The fourth-order valence-corrected chi connectivity index (χ4v) is 3.26. The summed E-state index contributed by atoms with van der Waals surface area (Å²) in [7, 11) is 0. The maximum Gasteiger partial charge on any atom is 0.255 e. The first-order chi connectivity index (χ1) is 14.4. The number of carbonyl (C=O) groups is 1. The molecule has 0 atom stereocenters. The number of rotatable bonds is 7. The Morgan fingerprint density at radius 1 is 0.900 bits per heavy atom. The van der Waals surface area contributed by atoms with E-state index in [0.29, 0.717) is 11.5 Å². The van der Waals surface area contributed by atoms with Gasteiger partial charge in [-0.25, -0.2) is 4.98 Å². The monoisotopic (exact) mass is 403 g/mol. The van der Waals surface area contributed by atoms with Crippen LogP contribution in [0.3, 0.4) is 0 Å². The van der Waals surface area contributed by atoms with Crippen LogP contribution in [0.1, 0.15) is 41.0 Å². The van der Waals surface area contributed by atoms with Crippen LogP contribution in [0.5, 0.6) is 0 Å². The van der Waals surface area contributed by atoms with Gasteiger partial charge in [-0.1, -0.05) is 17.7 Å². The average Bonchev–Trinajstić information content (AvgIpc) is 2.72. The van der Waals surface area contributed by atoms with E-state index in [1.807, 2.05) is 69.3 Å². The molecule has 6 nitrogen and oxygen atoms in total. The van der Waals surface area contributed by atoms with Gasteiger partial charge in [-0.15, -0.1) is 0 Å². The molecular weight excluding hydrogens is 374 g/mol. The van der Waals surface area contributed by atoms with Crippen molar-refractivity contribution < 1.29 is 4.79 Å². The number of amides is 1. The lowest BCUT2D eigenvalue weighted by Crippen LogP contribution is -2.23. The van der Waals surface area contributed by atoms with Gasteiger partial charge in [0, 0.05) is 41.8 Å². The van der Waals surface area contributed by atoms with Gasteiger partial charge in [-0.3, -0.25) is 4.79 Å². The van der Waals surface area contributed by atoms with Gasteiger partial charge in [-0.2, -0.15) is 4.98 Å². The lowest BCUT2D eigenvalue weighted by Gasteiger charge is -2.20. The van der Waals surface area contributed by atoms with Crippen molar-refractivity contribution in [2.45, 2.75) is 34.6 Å². The molecule has 3 aromatic rings. The van der Waals surface area contributed by atoms with Crippen LogP contribution < -0.4 is 15.5 Å². The van der Waals surface area contributed by atoms with Crippen molar-refractivity contribution in [3.05, 3.63) is 70.9 Å². The number of benzene rings is 2. The van der Waals surface area contributed by atoms with Crippen LogP contribution in [0.4, 0.5) is 23.1 Å². The lowest BCUT2D eigenvalue weighted by atomic mass is 10.1. The minimum atomic E-state index is -0.109. The van der Waals surface area contributed by atoms with Crippen LogP contribution in [0.25, 0.3) is 0 Å². The fraction of sp³-hybridized carbons (Fsp3) is 0.292. The Hall–Kier alpha value is -3.41.